The third-order valence-corrected chi connectivity index (χ3v) is 8.67. The zero-order valence-electron chi connectivity index (χ0n) is 26.3. The van der Waals surface area contributed by atoms with Crippen molar-refractivity contribution < 1.29 is 56.1 Å². The van der Waals surface area contributed by atoms with E-state index in [1.165, 1.54) is 0 Å². The highest BCUT2D eigenvalue weighted by atomic mass is 28.4. The van der Waals surface area contributed by atoms with E-state index >= 15 is 0 Å². The molecule has 3 unspecified atom stereocenters. The van der Waals surface area contributed by atoms with Crippen LogP contribution >= 0.6 is 0 Å². The van der Waals surface area contributed by atoms with Gasteiger partial charge in [-0.05, 0) is 40.8 Å². The average Bonchev–Trinajstić information content (AvgIpc) is 2.96. The summed E-state index contributed by atoms with van der Waals surface area (Å²) in [7, 11) is 4.07. The standard InChI is InChI=1S/C28H51NO12Si/c1-10-26(30)39-22(3)17-36-20-25(21-37-18-23(4)40-27(31)11-2)38-19-24(5)41-28(32)13-15-29(6)14-12-16-42(33-7,34-8)35-9/h10-11,22-25H,1-2,12-21H2,3-9H3. The van der Waals surface area contributed by atoms with Gasteiger partial charge in [0.2, 0.25) is 0 Å². The maximum Gasteiger partial charge on any atom is 0.500 e. The Balaban J connectivity index is 4.63. The minimum atomic E-state index is -2.61. The molecular weight excluding hydrogens is 570 g/mol. The van der Waals surface area contributed by atoms with E-state index in [-0.39, 0.29) is 45.4 Å². The molecule has 0 rings (SSSR count). The Hall–Kier alpha value is -2.17. The molecule has 0 aliphatic carbocycles. The van der Waals surface area contributed by atoms with Gasteiger partial charge in [0.25, 0.3) is 0 Å². The van der Waals surface area contributed by atoms with Gasteiger partial charge in [0.1, 0.15) is 24.4 Å². The first-order valence-electron chi connectivity index (χ1n) is 13.9. The van der Waals surface area contributed by atoms with Crippen molar-refractivity contribution in [2.24, 2.45) is 0 Å². The molecule has 0 fully saturated rings. The summed E-state index contributed by atoms with van der Waals surface area (Å²) < 4.78 is 49.2. The molecule has 3 atom stereocenters. The molecule has 42 heavy (non-hydrogen) atoms. The molecule has 0 aromatic heterocycles. The van der Waals surface area contributed by atoms with E-state index in [0.29, 0.717) is 12.6 Å². The molecule has 14 heteroatoms. The highest BCUT2D eigenvalue weighted by molar-refractivity contribution is 6.60. The van der Waals surface area contributed by atoms with Gasteiger partial charge >= 0.3 is 26.7 Å². The van der Waals surface area contributed by atoms with E-state index in [1.54, 1.807) is 42.1 Å². The van der Waals surface area contributed by atoms with Gasteiger partial charge in [-0.2, -0.15) is 0 Å². The van der Waals surface area contributed by atoms with Crippen molar-refractivity contribution in [2.45, 2.75) is 64.1 Å². The van der Waals surface area contributed by atoms with Gasteiger partial charge in [0, 0.05) is 46.1 Å². The molecular formula is C28H51NO12Si. The Bertz CT molecular complexity index is 753. The Labute approximate surface area is 251 Å². The molecule has 0 aromatic rings. The van der Waals surface area contributed by atoms with Crippen LogP contribution in [0.4, 0.5) is 0 Å². The third kappa shape index (κ3) is 19.1. The van der Waals surface area contributed by atoms with Crippen molar-refractivity contribution in [3.8, 4) is 0 Å². The summed E-state index contributed by atoms with van der Waals surface area (Å²) in [4.78, 5) is 37.1. The van der Waals surface area contributed by atoms with Crippen molar-refractivity contribution >= 4 is 26.7 Å². The zero-order valence-corrected chi connectivity index (χ0v) is 27.3. The van der Waals surface area contributed by atoms with Gasteiger partial charge in [-0.25, -0.2) is 9.59 Å². The molecule has 0 radical (unpaired) electrons. The van der Waals surface area contributed by atoms with Crippen LogP contribution in [0, 0.1) is 0 Å². The second-order valence-corrected chi connectivity index (χ2v) is 12.8. The predicted octanol–water partition coefficient (Wildman–Crippen LogP) is 2.16. The fourth-order valence-corrected chi connectivity index (χ4v) is 5.24. The quantitative estimate of drug-likeness (QED) is 0.0604. The Morgan fingerprint density at radius 1 is 0.738 bits per heavy atom. The highest BCUT2D eigenvalue weighted by Crippen LogP contribution is 2.15. The van der Waals surface area contributed by atoms with Crippen molar-refractivity contribution in [3.63, 3.8) is 0 Å². The summed E-state index contributed by atoms with van der Waals surface area (Å²) in [6.45, 7) is 13.8. The van der Waals surface area contributed by atoms with Gasteiger partial charge in [0.05, 0.1) is 39.5 Å². The fourth-order valence-electron chi connectivity index (χ4n) is 3.54. The lowest BCUT2D eigenvalue weighted by atomic mass is 10.3. The number of hydrogen-bond acceptors (Lipinski definition) is 13. The lowest BCUT2D eigenvalue weighted by Crippen LogP contribution is -2.43. The summed E-state index contributed by atoms with van der Waals surface area (Å²) in [6.07, 6.45) is 1.17. The normalized spacial score (nSPS) is 14.5. The number of esters is 3. The Morgan fingerprint density at radius 2 is 1.21 bits per heavy atom. The van der Waals surface area contributed by atoms with Crippen LogP contribution < -0.4 is 0 Å². The molecule has 0 aliphatic rings. The van der Waals surface area contributed by atoms with Crippen molar-refractivity contribution in [3.05, 3.63) is 25.3 Å². The van der Waals surface area contributed by atoms with E-state index in [0.717, 1.165) is 25.1 Å². The molecule has 0 saturated heterocycles. The highest BCUT2D eigenvalue weighted by Gasteiger charge is 2.36. The van der Waals surface area contributed by atoms with Crippen LogP contribution in [-0.4, -0.2) is 131 Å². The number of nitrogens with zero attached hydrogens (tertiary/aromatic N) is 1. The number of carbonyl (C=O) groups excluding carboxylic acids is 3. The van der Waals surface area contributed by atoms with Crippen LogP contribution in [0.5, 0.6) is 0 Å². The summed E-state index contributed by atoms with van der Waals surface area (Å²) in [5.41, 5.74) is 0. The molecule has 0 bridgehead atoms. The topological polar surface area (TPSA) is 138 Å². The molecule has 13 nitrogen and oxygen atoms in total. The average molecular weight is 622 g/mol. The van der Waals surface area contributed by atoms with Gasteiger partial charge < -0.3 is 46.6 Å². The van der Waals surface area contributed by atoms with Crippen LogP contribution in [-0.2, 0) is 56.1 Å². The fraction of sp³-hybridized carbons (Fsp3) is 0.750. The summed E-state index contributed by atoms with van der Waals surface area (Å²) in [5, 5.41) is 0. The maximum atomic E-state index is 12.4. The van der Waals surface area contributed by atoms with Crippen LogP contribution in [0.15, 0.2) is 25.3 Å². The van der Waals surface area contributed by atoms with E-state index < -0.39 is 45.2 Å². The van der Waals surface area contributed by atoms with E-state index in [9.17, 15) is 14.4 Å². The van der Waals surface area contributed by atoms with Crippen LogP contribution in [0.2, 0.25) is 6.04 Å². The van der Waals surface area contributed by atoms with Crippen LogP contribution in [0.3, 0.4) is 0 Å². The minimum absolute atomic E-state index is 0.110. The molecule has 0 amide bonds. The lowest BCUT2D eigenvalue weighted by molar-refractivity contribution is -0.157. The third-order valence-electron chi connectivity index (χ3n) is 5.83. The molecule has 0 spiro atoms. The molecule has 244 valence electrons. The molecule has 0 N–H and O–H groups in total. The monoisotopic (exact) mass is 621 g/mol. The van der Waals surface area contributed by atoms with Crippen LogP contribution in [0.1, 0.15) is 33.6 Å². The SMILES string of the molecule is C=CC(=O)OC(C)COCC(COCC(C)OC(=O)C=C)OCC(C)OC(=O)CCN(C)CCC[Si](OC)(OC)OC. The molecule has 0 heterocycles. The number of hydrogen-bond donors (Lipinski definition) is 0. The summed E-state index contributed by atoms with van der Waals surface area (Å²) in [6, 6.07) is 0.673. The Morgan fingerprint density at radius 3 is 1.67 bits per heavy atom. The largest absolute Gasteiger partial charge is 0.500 e. The van der Waals surface area contributed by atoms with Gasteiger partial charge in [0.15, 0.2) is 0 Å². The van der Waals surface area contributed by atoms with Gasteiger partial charge in [-0.1, -0.05) is 13.2 Å². The van der Waals surface area contributed by atoms with Crippen molar-refractivity contribution in [2.75, 3.05) is 74.5 Å². The van der Waals surface area contributed by atoms with Gasteiger partial charge in [-0.15, -0.1) is 0 Å². The van der Waals surface area contributed by atoms with Crippen LogP contribution in [0.25, 0.3) is 0 Å². The molecule has 0 aromatic carbocycles. The van der Waals surface area contributed by atoms with E-state index in [4.69, 9.17) is 41.7 Å². The first-order valence-corrected chi connectivity index (χ1v) is 15.8. The van der Waals surface area contributed by atoms with E-state index in [2.05, 4.69) is 13.2 Å². The van der Waals surface area contributed by atoms with E-state index in [1.807, 2.05) is 11.9 Å². The van der Waals surface area contributed by atoms with Crippen molar-refractivity contribution in [1.82, 2.24) is 4.90 Å². The number of ether oxygens (including phenoxy) is 6. The maximum absolute atomic E-state index is 12.4. The lowest BCUT2D eigenvalue weighted by Gasteiger charge is -2.25. The zero-order chi connectivity index (χ0) is 32.0. The number of carbonyl (C=O) groups is 3. The predicted molar refractivity (Wildman–Crippen MR) is 157 cm³/mol. The minimum Gasteiger partial charge on any atom is -0.460 e. The summed E-state index contributed by atoms with van der Waals surface area (Å²) >= 11 is 0. The Kier molecular flexibility index (Phi) is 22.1. The number of rotatable bonds is 26. The second kappa shape index (κ2) is 23.3. The second-order valence-electron chi connectivity index (χ2n) is 9.69. The summed E-state index contributed by atoms with van der Waals surface area (Å²) in [5.74, 6) is -1.43. The molecule has 0 saturated carbocycles. The smallest absolute Gasteiger partial charge is 0.460 e. The van der Waals surface area contributed by atoms with Crippen molar-refractivity contribution in [1.29, 1.82) is 0 Å². The first-order chi connectivity index (χ1) is 19.9. The first kappa shape index (κ1) is 39.8. The van der Waals surface area contributed by atoms with Gasteiger partial charge in [-0.3, -0.25) is 4.79 Å². The molecule has 0 aliphatic heterocycles.